The molecule has 0 aliphatic carbocycles. The van der Waals surface area contributed by atoms with Gasteiger partial charge in [0.15, 0.2) is 14.6 Å². The molecule has 31 heavy (non-hydrogen) atoms. The average molecular weight is 445 g/mol. The Morgan fingerprint density at radius 3 is 2.35 bits per heavy atom. The number of amides is 1. The van der Waals surface area contributed by atoms with Crippen molar-refractivity contribution in [1.82, 2.24) is 10.0 Å². The third kappa shape index (κ3) is 4.33. The van der Waals surface area contributed by atoms with E-state index in [1.54, 1.807) is 25.4 Å². The topological polar surface area (TPSA) is 115 Å². The molecule has 0 saturated carbocycles. The van der Waals surface area contributed by atoms with Crippen LogP contribution in [0.3, 0.4) is 0 Å². The number of pyridine rings is 1. The van der Waals surface area contributed by atoms with Crippen molar-refractivity contribution in [2.75, 3.05) is 13.4 Å². The number of carbonyl (C=O) groups excluding carboxylic acids is 1. The van der Waals surface area contributed by atoms with E-state index < -0.39 is 20.5 Å². The highest BCUT2D eigenvalue weighted by Crippen LogP contribution is 2.26. The first-order chi connectivity index (χ1) is 14.6. The number of hydrogen-bond acceptors (Lipinski definition) is 6. The summed E-state index contributed by atoms with van der Waals surface area (Å²) >= 11 is 0. The highest BCUT2D eigenvalue weighted by molar-refractivity contribution is 7.92. The number of rotatable bonds is 7. The highest BCUT2D eigenvalue weighted by atomic mass is 32.2. The summed E-state index contributed by atoms with van der Waals surface area (Å²) in [4.78, 5) is 24.9. The van der Waals surface area contributed by atoms with Gasteiger partial charge in [-0.3, -0.25) is 14.8 Å². The van der Waals surface area contributed by atoms with Crippen LogP contribution in [0.2, 0.25) is 0 Å². The second kappa shape index (κ2) is 8.52. The van der Waals surface area contributed by atoms with E-state index in [0.29, 0.717) is 5.39 Å². The first-order valence-corrected chi connectivity index (χ1v) is 11.4. The zero-order valence-electron chi connectivity index (χ0n) is 17.5. The van der Waals surface area contributed by atoms with Crippen LogP contribution in [-0.2, 0) is 21.2 Å². The van der Waals surface area contributed by atoms with Gasteiger partial charge in [0, 0.05) is 24.4 Å². The lowest BCUT2D eigenvalue weighted by molar-refractivity contribution is -0.131. The number of carbonyl (C=O) groups is 1. The van der Waals surface area contributed by atoms with Crippen molar-refractivity contribution in [2.45, 2.75) is 24.6 Å². The van der Waals surface area contributed by atoms with Crippen LogP contribution in [-0.4, -0.2) is 42.2 Å². The van der Waals surface area contributed by atoms with Gasteiger partial charge in [-0.15, -0.1) is 0 Å². The number of ether oxygens (including phenoxy) is 1. The Bertz CT molecular complexity index is 1280. The molecule has 164 valence electrons. The second-order valence-corrected chi connectivity index (χ2v) is 9.98. The Labute approximate surface area is 180 Å². The maximum Gasteiger partial charge on any atom is 0.264 e. The third-order valence-electron chi connectivity index (χ3n) is 5.63. The average Bonchev–Trinajstić information content (AvgIpc) is 2.76. The Hall–Kier alpha value is -3.17. The van der Waals surface area contributed by atoms with Crippen LogP contribution in [0.25, 0.3) is 21.9 Å². The minimum absolute atomic E-state index is 0.00794. The predicted molar refractivity (Wildman–Crippen MR) is 118 cm³/mol. The van der Waals surface area contributed by atoms with Crippen molar-refractivity contribution in [3.63, 3.8) is 0 Å². The molecule has 0 bridgehead atoms. The molecule has 1 heterocycles. The fourth-order valence-corrected chi connectivity index (χ4v) is 4.19. The smallest absolute Gasteiger partial charge is 0.264 e. The lowest BCUT2D eigenvalue weighted by atomic mass is 10.0. The summed E-state index contributed by atoms with van der Waals surface area (Å²) in [5, 5.41) is 10.2. The molecule has 9 heteroatoms. The fourth-order valence-electron chi connectivity index (χ4n) is 3.35. The molecule has 1 atom stereocenters. The Balaban J connectivity index is 1.92. The van der Waals surface area contributed by atoms with Gasteiger partial charge in [-0.2, -0.15) is 0 Å². The van der Waals surface area contributed by atoms with Gasteiger partial charge in [0.1, 0.15) is 5.75 Å². The van der Waals surface area contributed by atoms with Crippen LogP contribution in [0.4, 0.5) is 0 Å². The first-order valence-electron chi connectivity index (χ1n) is 9.52. The molecule has 3 rings (SSSR count). The molecule has 0 radical (unpaired) electrons. The van der Waals surface area contributed by atoms with Gasteiger partial charge < -0.3 is 9.30 Å². The number of hydrogen-bond donors (Lipinski definition) is 2. The minimum Gasteiger partial charge on any atom is -0.497 e. The van der Waals surface area contributed by atoms with Crippen LogP contribution in [0.15, 0.2) is 59.5 Å². The zero-order valence-corrected chi connectivity index (χ0v) is 18.3. The van der Waals surface area contributed by atoms with Gasteiger partial charge in [0.25, 0.3) is 11.5 Å². The van der Waals surface area contributed by atoms with E-state index in [2.05, 4.69) is 0 Å². The van der Waals surface area contributed by atoms with Crippen molar-refractivity contribution in [2.24, 2.45) is 0 Å². The Morgan fingerprint density at radius 2 is 1.77 bits per heavy atom. The van der Waals surface area contributed by atoms with Gasteiger partial charge >= 0.3 is 0 Å². The summed E-state index contributed by atoms with van der Waals surface area (Å²) < 4.78 is 28.9. The number of sulfone groups is 1. The van der Waals surface area contributed by atoms with E-state index in [-0.39, 0.29) is 18.5 Å². The number of hydroxylamine groups is 1. The molecule has 8 nitrogen and oxygen atoms in total. The van der Waals surface area contributed by atoms with Crippen molar-refractivity contribution < 1.29 is 23.2 Å². The van der Waals surface area contributed by atoms with Crippen molar-refractivity contribution in [3.8, 4) is 16.9 Å². The molecule has 3 aromatic rings. The van der Waals surface area contributed by atoms with E-state index >= 15 is 0 Å². The monoisotopic (exact) mass is 444 g/mol. The summed E-state index contributed by atoms with van der Waals surface area (Å²) in [6.07, 6.45) is 2.32. The summed E-state index contributed by atoms with van der Waals surface area (Å²) in [6, 6.07) is 14.8. The molecule has 0 spiro atoms. The van der Waals surface area contributed by atoms with Crippen molar-refractivity contribution in [3.05, 3.63) is 65.1 Å². The number of benzene rings is 2. The van der Waals surface area contributed by atoms with Crippen LogP contribution >= 0.6 is 0 Å². The molecule has 2 N–H and O–H groups in total. The van der Waals surface area contributed by atoms with E-state index in [0.717, 1.165) is 28.5 Å². The van der Waals surface area contributed by atoms with E-state index in [1.165, 1.54) is 17.0 Å². The molecular formula is C22H24N2O6S. The molecular weight excluding hydrogens is 420 g/mol. The standard InChI is InChI=1S/C22H24N2O6S/c1-22(21(26)23-27,31(3,28)29)11-13-24-12-10-17-14-16(6-9-19(17)20(24)25)15-4-7-18(30-2)8-5-15/h4-10,12,14,27H,11,13H2,1-3H3,(H,23,26)/t22-/m1/s1. The van der Waals surface area contributed by atoms with Gasteiger partial charge in [0.05, 0.1) is 7.11 Å². The molecule has 1 aromatic heterocycles. The predicted octanol–water partition coefficient (Wildman–Crippen LogP) is 2.38. The molecule has 0 aliphatic heterocycles. The van der Waals surface area contributed by atoms with E-state index in [1.807, 2.05) is 36.4 Å². The Kier molecular flexibility index (Phi) is 6.19. The molecule has 1 amide bonds. The summed E-state index contributed by atoms with van der Waals surface area (Å²) in [5.41, 5.74) is 3.03. The van der Waals surface area contributed by atoms with Crippen LogP contribution in [0.5, 0.6) is 5.75 Å². The SMILES string of the molecule is COc1ccc(-c2ccc3c(=O)n(CC[C@](C)(C(=O)NO)S(C)(=O)=O)ccc3c2)cc1. The van der Waals surface area contributed by atoms with Crippen molar-refractivity contribution >= 4 is 26.5 Å². The number of aryl methyl sites for hydroxylation is 1. The maximum atomic E-state index is 12.9. The quantitative estimate of drug-likeness (QED) is 0.427. The summed E-state index contributed by atoms with van der Waals surface area (Å²) in [6.45, 7) is 1.22. The first kappa shape index (κ1) is 22.5. The van der Waals surface area contributed by atoms with Crippen LogP contribution < -0.4 is 15.8 Å². The van der Waals surface area contributed by atoms with Crippen LogP contribution in [0.1, 0.15) is 13.3 Å². The largest absolute Gasteiger partial charge is 0.497 e. The number of nitrogens with one attached hydrogen (secondary N) is 1. The highest BCUT2D eigenvalue weighted by Gasteiger charge is 2.43. The number of methoxy groups -OCH3 is 1. The molecule has 0 aliphatic rings. The van der Waals surface area contributed by atoms with Gasteiger partial charge in [-0.05, 0) is 60.2 Å². The normalized spacial score (nSPS) is 13.5. The Morgan fingerprint density at radius 1 is 1.13 bits per heavy atom. The fraction of sp³-hybridized carbons (Fsp3) is 0.273. The van der Waals surface area contributed by atoms with Gasteiger partial charge in [0.2, 0.25) is 0 Å². The number of fused-ring (bicyclic) bond motifs is 1. The summed E-state index contributed by atoms with van der Waals surface area (Å²) in [7, 11) is -2.24. The molecule has 0 saturated heterocycles. The number of aromatic nitrogens is 1. The molecule has 2 aromatic carbocycles. The van der Waals surface area contributed by atoms with E-state index in [9.17, 15) is 18.0 Å². The third-order valence-corrected chi connectivity index (χ3v) is 7.66. The van der Waals surface area contributed by atoms with Gasteiger partial charge in [-0.25, -0.2) is 13.9 Å². The minimum atomic E-state index is -3.84. The number of nitrogens with zero attached hydrogens (tertiary/aromatic N) is 1. The van der Waals surface area contributed by atoms with E-state index in [4.69, 9.17) is 9.94 Å². The van der Waals surface area contributed by atoms with Crippen molar-refractivity contribution in [1.29, 1.82) is 0 Å². The van der Waals surface area contributed by atoms with Crippen LogP contribution in [0, 0.1) is 0 Å². The molecule has 0 unspecified atom stereocenters. The molecule has 0 fully saturated rings. The zero-order chi connectivity index (χ0) is 22.8. The lowest BCUT2D eigenvalue weighted by Crippen LogP contribution is -2.49. The lowest BCUT2D eigenvalue weighted by Gasteiger charge is -2.25. The second-order valence-electron chi connectivity index (χ2n) is 7.54. The summed E-state index contributed by atoms with van der Waals surface area (Å²) in [5.74, 6) is -0.281. The maximum absolute atomic E-state index is 12.9. The van der Waals surface area contributed by atoms with Gasteiger partial charge in [-0.1, -0.05) is 18.2 Å².